The smallest absolute Gasteiger partial charge is 0.258 e. The first-order chi connectivity index (χ1) is 19.4. The molecule has 2 amide bonds. The molecule has 4 aromatic rings. The van der Waals surface area contributed by atoms with Crippen LogP contribution >= 0.6 is 11.3 Å². The SMILES string of the molecule is COC1(C(=O)Nc2ccc3[nH]nc(-c4ccnc(C)c4)c3c2)CCN(CC(=O)N2CCC(c3nccs3)CC2)C1. The predicted octanol–water partition coefficient (Wildman–Crippen LogP) is 3.83. The van der Waals surface area contributed by atoms with Crippen LogP contribution in [0.3, 0.4) is 0 Å². The van der Waals surface area contributed by atoms with Gasteiger partial charge in [-0.3, -0.25) is 24.6 Å². The second-order valence-electron chi connectivity index (χ2n) is 10.7. The summed E-state index contributed by atoms with van der Waals surface area (Å²) in [5.41, 5.74) is 3.20. The number of benzene rings is 1. The molecule has 1 unspecified atom stereocenters. The number of aromatic amines is 1. The van der Waals surface area contributed by atoms with Crippen molar-refractivity contribution in [1.82, 2.24) is 30.0 Å². The Kier molecular flexibility index (Phi) is 7.35. The van der Waals surface area contributed by atoms with E-state index in [2.05, 4.69) is 25.5 Å². The Morgan fingerprint density at radius 2 is 2.00 bits per heavy atom. The van der Waals surface area contributed by atoms with Crippen molar-refractivity contribution in [3.05, 3.63) is 58.8 Å². The number of ether oxygens (including phenoxy) is 1. The fraction of sp³-hybridized carbons (Fsp3) is 0.414. The summed E-state index contributed by atoms with van der Waals surface area (Å²) in [4.78, 5) is 39.3. The van der Waals surface area contributed by atoms with E-state index in [1.807, 2.05) is 58.6 Å². The number of nitrogens with one attached hydrogen (secondary N) is 2. The summed E-state index contributed by atoms with van der Waals surface area (Å²) in [7, 11) is 1.57. The van der Waals surface area contributed by atoms with Crippen molar-refractivity contribution < 1.29 is 14.3 Å². The number of piperidine rings is 1. The fourth-order valence-electron chi connectivity index (χ4n) is 5.79. The minimum atomic E-state index is -1.02. The quantitative estimate of drug-likeness (QED) is 0.354. The van der Waals surface area contributed by atoms with Gasteiger partial charge < -0.3 is 15.0 Å². The van der Waals surface area contributed by atoms with Crippen LogP contribution in [0, 0.1) is 6.92 Å². The molecule has 2 N–H and O–H groups in total. The lowest BCUT2D eigenvalue weighted by Gasteiger charge is -2.32. The summed E-state index contributed by atoms with van der Waals surface area (Å²) < 4.78 is 5.81. The summed E-state index contributed by atoms with van der Waals surface area (Å²) in [6.07, 6.45) is 6.00. The number of fused-ring (bicyclic) bond motifs is 1. The number of carbonyl (C=O) groups is 2. The van der Waals surface area contributed by atoms with Gasteiger partial charge in [-0.15, -0.1) is 11.3 Å². The lowest BCUT2D eigenvalue weighted by molar-refractivity contribution is -0.138. The number of pyridine rings is 1. The number of aromatic nitrogens is 4. The molecule has 11 heteroatoms. The average Bonchev–Trinajstić information content (AvgIpc) is 3.73. The molecule has 3 aromatic heterocycles. The van der Waals surface area contributed by atoms with E-state index < -0.39 is 5.60 Å². The van der Waals surface area contributed by atoms with Crippen molar-refractivity contribution in [2.75, 3.05) is 45.2 Å². The van der Waals surface area contributed by atoms with Gasteiger partial charge in [-0.25, -0.2) is 4.98 Å². The molecule has 2 fully saturated rings. The Labute approximate surface area is 236 Å². The number of hydrogen-bond acceptors (Lipinski definition) is 8. The summed E-state index contributed by atoms with van der Waals surface area (Å²) in [5.74, 6) is 0.333. The molecule has 2 saturated heterocycles. The first-order valence-corrected chi connectivity index (χ1v) is 14.5. The van der Waals surface area contributed by atoms with E-state index in [0.717, 1.165) is 58.8 Å². The summed E-state index contributed by atoms with van der Waals surface area (Å²) in [6, 6.07) is 9.60. The predicted molar refractivity (Wildman–Crippen MR) is 154 cm³/mol. The lowest BCUT2D eigenvalue weighted by atomic mass is 9.97. The normalized spacial score (nSPS) is 20.3. The Morgan fingerprint density at radius 3 is 2.75 bits per heavy atom. The summed E-state index contributed by atoms with van der Waals surface area (Å²) in [6.45, 7) is 4.70. The van der Waals surface area contributed by atoms with Crippen LogP contribution in [0.2, 0.25) is 0 Å². The number of aryl methyl sites for hydroxylation is 1. The van der Waals surface area contributed by atoms with Gasteiger partial charge in [0.15, 0.2) is 5.60 Å². The minimum Gasteiger partial charge on any atom is -0.367 e. The second kappa shape index (κ2) is 11.1. The maximum absolute atomic E-state index is 13.5. The van der Waals surface area contributed by atoms with E-state index in [-0.39, 0.29) is 18.4 Å². The first kappa shape index (κ1) is 26.5. The minimum absolute atomic E-state index is 0.106. The Morgan fingerprint density at radius 1 is 1.15 bits per heavy atom. The highest BCUT2D eigenvalue weighted by atomic mass is 32.1. The van der Waals surface area contributed by atoms with Crippen LogP contribution in [0.25, 0.3) is 22.2 Å². The number of amides is 2. The van der Waals surface area contributed by atoms with Crippen LogP contribution in [0.4, 0.5) is 5.69 Å². The maximum atomic E-state index is 13.5. The number of methoxy groups -OCH3 is 1. The number of likely N-dealkylation sites (tertiary alicyclic amines) is 2. The van der Waals surface area contributed by atoms with Crippen LogP contribution in [-0.4, -0.2) is 87.2 Å². The van der Waals surface area contributed by atoms with Gasteiger partial charge >= 0.3 is 0 Å². The number of thiazole rings is 1. The van der Waals surface area contributed by atoms with E-state index in [9.17, 15) is 9.59 Å². The molecule has 10 nitrogen and oxygen atoms in total. The molecule has 0 radical (unpaired) electrons. The molecule has 40 heavy (non-hydrogen) atoms. The maximum Gasteiger partial charge on any atom is 0.258 e. The molecule has 1 atom stereocenters. The van der Waals surface area contributed by atoms with Gasteiger partial charge in [-0.1, -0.05) is 0 Å². The van der Waals surface area contributed by atoms with Gasteiger partial charge in [0.1, 0.15) is 5.69 Å². The molecule has 0 saturated carbocycles. The third kappa shape index (κ3) is 5.24. The van der Waals surface area contributed by atoms with Crippen molar-refractivity contribution in [2.45, 2.75) is 37.7 Å². The molecule has 2 aliphatic rings. The number of rotatable bonds is 7. The van der Waals surface area contributed by atoms with Crippen LogP contribution in [0.5, 0.6) is 0 Å². The van der Waals surface area contributed by atoms with Crippen LogP contribution in [-0.2, 0) is 14.3 Å². The number of nitrogens with zero attached hydrogens (tertiary/aromatic N) is 5. The summed E-state index contributed by atoms with van der Waals surface area (Å²) >= 11 is 1.69. The van der Waals surface area contributed by atoms with Crippen molar-refractivity contribution in [1.29, 1.82) is 0 Å². The highest BCUT2D eigenvalue weighted by Crippen LogP contribution is 2.32. The molecule has 6 rings (SSSR count). The zero-order valence-electron chi connectivity index (χ0n) is 22.7. The zero-order chi connectivity index (χ0) is 27.7. The van der Waals surface area contributed by atoms with Gasteiger partial charge in [0.25, 0.3) is 5.91 Å². The fourth-order valence-corrected chi connectivity index (χ4v) is 6.60. The van der Waals surface area contributed by atoms with Crippen molar-refractivity contribution >= 4 is 39.7 Å². The molecule has 2 aliphatic heterocycles. The van der Waals surface area contributed by atoms with Crippen molar-refractivity contribution in [2.24, 2.45) is 0 Å². The lowest BCUT2D eigenvalue weighted by Crippen LogP contribution is -2.48. The number of hydrogen-bond donors (Lipinski definition) is 2. The molecule has 0 spiro atoms. The van der Waals surface area contributed by atoms with E-state index in [1.54, 1.807) is 24.6 Å². The van der Waals surface area contributed by atoms with E-state index in [4.69, 9.17) is 4.74 Å². The second-order valence-corrected chi connectivity index (χ2v) is 11.6. The Hall–Kier alpha value is -3.67. The van der Waals surface area contributed by atoms with Crippen molar-refractivity contribution in [3.63, 3.8) is 0 Å². The molecule has 1 aromatic carbocycles. The molecule has 0 aliphatic carbocycles. The van der Waals surface area contributed by atoms with Gasteiger partial charge in [0.05, 0.1) is 17.1 Å². The molecular weight excluding hydrogens is 526 g/mol. The van der Waals surface area contributed by atoms with E-state index >= 15 is 0 Å². The standard InChI is InChI=1S/C29H33N7O3S/c1-19-15-21(5-9-30-19)26-23-16-22(3-4-24(23)33-34-26)32-28(38)29(39-2)8-13-35(18-29)17-25(37)36-11-6-20(7-12-36)27-31-10-14-40-27/h3-5,9-10,14-16,20H,6-8,11-13,17-18H2,1-2H3,(H,32,38)(H,33,34). The van der Waals surface area contributed by atoms with E-state index in [1.165, 1.54) is 0 Å². The van der Waals surface area contributed by atoms with Gasteiger partial charge in [-0.2, -0.15) is 5.10 Å². The molecular formula is C29H33N7O3S. The number of anilines is 1. The molecule has 0 bridgehead atoms. The van der Waals surface area contributed by atoms with Crippen LogP contribution < -0.4 is 5.32 Å². The van der Waals surface area contributed by atoms with Crippen LogP contribution in [0.15, 0.2) is 48.1 Å². The number of H-pyrrole nitrogens is 1. The third-order valence-electron chi connectivity index (χ3n) is 8.11. The van der Waals surface area contributed by atoms with Crippen molar-refractivity contribution in [3.8, 4) is 11.3 Å². The Bertz CT molecular complexity index is 1510. The van der Waals surface area contributed by atoms with E-state index in [0.29, 0.717) is 31.1 Å². The topological polar surface area (TPSA) is 116 Å². The highest BCUT2D eigenvalue weighted by molar-refractivity contribution is 7.09. The summed E-state index contributed by atoms with van der Waals surface area (Å²) in [5, 5.41) is 14.7. The average molecular weight is 560 g/mol. The first-order valence-electron chi connectivity index (χ1n) is 13.6. The van der Waals surface area contributed by atoms with Gasteiger partial charge in [0, 0.05) is 79.3 Å². The van der Waals surface area contributed by atoms with Gasteiger partial charge in [-0.05, 0) is 56.5 Å². The Balaban J connectivity index is 1.09. The largest absolute Gasteiger partial charge is 0.367 e. The third-order valence-corrected chi connectivity index (χ3v) is 9.05. The number of carbonyl (C=O) groups excluding carboxylic acids is 2. The zero-order valence-corrected chi connectivity index (χ0v) is 23.5. The highest BCUT2D eigenvalue weighted by Gasteiger charge is 2.45. The molecule has 208 valence electrons. The molecule has 5 heterocycles. The monoisotopic (exact) mass is 559 g/mol. The van der Waals surface area contributed by atoms with Gasteiger partial charge in [0.2, 0.25) is 5.91 Å². The van der Waals surface area contributed by atoms with Crippen LogP contribution in [0.1, 0.15) is 35.9 Å².